The van der Waals surface area contributed by atoms with Gasteiger partial charge < -0.3 is 19.5 Å². The second-order valence-corrected chi connectivity index (χ2v) is 4.32. The van der Waals surface area contributed by atoms with Gasteiger partial charge in [-0.3, -0.25) is 9.69 Å². The minimum Gasteiger partial charge on any atom is -0.393 e. The number of nitrogens with zero attached hydrogens (tertiary/aromatic N) is 2. The molecule has 98 valence electrons. The second kappa shape index (κ2) is 6.30. The Morgan fingerprint density at radius 1 is 1.18 bits per heavy atom. The number of carbonyl (C=O) groups excluding carboxylic acids is 1. The summed E-state index contributed by atoms with van der Waals surface area (Å²) in [6.45, 7) is 5.90. The molecule has 0 bridgehead atoms. The molecule has 17 heavy (non-hydrogen) atoms. The highest BCUT2D eigenvalue weighted by atomic mass is 16.5. The highest BCUT2D eigenvalue weighted by molar-refractivity contribution is 5.81. The number of carbonyl (C=O) groups is 1. The van der Waals surface area contributed by atoms with Crippen molar-refractivity contribution in [1.29, 1.82) is 0 Å². The molecule has 2 heterocycles. The van der Waals surface area contributed by atoms with Gasteiger partial charge >= 0.3 is 0 Å². The maximum Gasteiger partial charge on any atom is 0.254 e. The molecule has 2 rings (SSSR count). The Labute approximate surface area is 101 Å². The maximum atomic E-state index is 11.8. The molecule has 6 heteroatoms. The predicted molar refractivity (Wildman–Crippen MR) is 60.7 cm³/mol. The van der Waals surface area contributed by atoms with Crippen LogP contribution in [0.1, 0.15) is 0 Å². The standard InChI is InChI=1S/C11H20N2O4/c14-9-10-11(15)13(5-8-17-10)2-1-12-3-6-16-7-4-12/h10,14H,1-9H2. The lowest BCUT2D eigenvalue weighted by atomic mass is 10.2. The van der Waals surface area contributed by atoms with E-state index in [0.29, 0.717) is 19.7 Å². The van der Waals surface area contributed by atoms with E-state index in [1.54, 1.807) is 4.90 Å². The van der Waals surface area contributed by atoms with E-state index >= 15 is 0 Å². The Kier molecular flexibility index (Phi) is 4.73. The Balaban J connectivity index is 1.75. The van der Waals surface area contributed by atoms with Crippen molar-refractivity contribution in [3.05, 3.63) is 0 Å². The van der Waals surface area contributed by atoms with Gasteiger partial charge in [-0.15, -0.1) is 0 Å². The minimum absolute atomic E-state index is 0.0907. The summed E-state index contributed by atoms with van der Waals surface area (Å²) in [6.07, 6.45) is -0.659. The summed E-state index contributed by atoms with van der Waals surface area (Å²) >= 11 is 0. The van der Waals surface area contributed by atoms with Crippen molar-refractivity contribution in [3.63, 3.8) is 0 Å². The van der Waals surface area contributed by atoms with E-state index < -0.39 is 6.10 Å². The number of hydrogen-bond acceptors (Lipinski definition) is 5. The van der Waals surface area contributed by atoms with Crippen LogP contribution in [0.4, 0.5) is 0 Å². The van der Waals surface area contributed by atoms with E-state index in [1.165, 1.54) is 0 Å². The van der Waals surface area contributed by atoms with Crippen molar-refractivity contribution in [1.82, 2.24) is 9.80 Å². The van der Waals surface area contributed by atoms with Crippen LogP contribution in [0.5, 0.6) is 0 Å². The van der Waals surface area contributed by atoms with Crippen molar-refractivity contribution in [2.24, 2.45) is 0 Å². The lowest BCUT2D eigenvalue weighted by Gasteiger charge is -2.34. The molecule has 1 N–H and O–H groups in total. The van der Waals surface area contributed by atoms with E-state index in [-0.39, 0.29) is 12.5 Å². The second-order valence-electron chi connectivity index (χ2n) is 4.32. The van der Waals surface area contributed by atoms with Crippen LogP contribution < -0.4 is 0 Å². The molecule has 0 saturated carbocycles. The number of aliphatic hydroxyl groups is 1. The van der Waals surface area contributed by atoms with Crippen LogP contribution in [0.25, 0.3) is 0 Å². The summed E-state index contributed by atoms with van der Waals surface area (Å²) < 4.78 is 10.5. The molecular weight excluding hydrogens is 224 g/mol. The minimum atomic E-state index is -0.659. The molecule has 2 aliphatic heterocycles. The first-order valence-corrected chi connectivity index (χ1v) is 6.12. The zero-order valence-corrected chi connectivity index (χ0v) is 10.0. The number of aliphatic hydroxyl groups excluding tert-OH is 1. The maximum absolute atomic E-state index is 11.8. The zero-order valence-electron chi connectivity index (χ0n) is 10.0. The van der Waals surface area contributed by atoms with E-state index in [4.69, 9.17) is 14.6 Å². The lowest BCUT2D eigenvalue weighted by Crippen LogP contribution is -2.52. The average Bonchev–Trinajstić information content (AvgIpc) is 2.39. The Bertz CT molecular complexity index is 256. The molecular formula is C11H20N2O4. The molecule has 1 amide bonds. The molecule has 0 spiro atoms. The van der Waals surface area contributed by atoms with Crippen molar-refractivity contribution in [2.75, 3.05) is 59.2 Å². The highest BCUT2D eigenvalue weighted by Gasteiger charge is 2.28. The molecule has 0 aromatic carbocycles. The van der Waals surface area contributed by atoms with Crippen molar-refractivity contribution in [2.45, 2.75) is 6.10 Å². The summed E-state index contributed by atoms with van der Waals surface area (Å²) in [4.78, 5) is 15.9. The van der Waals surface area contributed by atoms with Gasteiger partial charge in [0, 0.05) is 32.7 Å². The molecule has 0 aliphatic carbocycles. The van der Waals surface area contributed by atoms with Gasteiger partial charge in [0.25, 0.3) is 5.91 Å². The third-order valence-corrected chi connectivity index (χ3v) is 3.22. The topological polar surface area (TPSA) is 62.2 Å². The van der Waals surface area contributed by atoms with Crippen molar-refractivity contribution < 1.29 is 19.4 Å². The third kappa shape index (κ3) is 3.38. The Morgan fingerprint density at radius 2 is 1.94 bits per heavy atom. The molecule has 0 aromatic heterocycles. The fourth-order valence-corrected chi connectivity index (χ4v) is 2.13. The predicted octanol–water partition coefficient (Wildman–Crippen LogP) is -1.46. The van der Waals surface area contributed by atoms with Gasteiger partial charge in [-0.05, 0) is 0 Å². The van der Waals surface area contributed by atoms with Gasteiger partial charge in [-0.25, -0.2) is 0 Å². The van der Waals surface area contributed by atoms with Crippen LogP contribution in [0.15, 0.2) is 0 Å². The first kappa shape index (κ1) is 12.8. The van der Waals surface area contributed by atoms with E-state index in [9.17, 15) is 4.79 Å². The smallest absolute Gasteiger partial charge is 0.254 e. The summed E-state index contributed by atoms with van der Waals surface area (Å²) in [5.74, 6) is -0.0907. The number of amides is 1. The summed E-state index contributed by atoms with van der Waals surface area (Å²) in [6, 6.07) is 0. The first-order valence-electron chi connectivity index (χ1n) is 6.12. The molecule has 2 saturated heterocycles. The lowest BCUT2D eigenvalue weighted by molar-refractivity contribution is -0.156. The average molecular weight is 244 g/mol. The summed E-state index contributed by atoms with van der Waals surface area (Å²) in [7, 11) is 0. The van der Waals surface area contributed by atoms with E-state index in [2.05, 4.69) is 4.90 Å². The van der Waals surface area contributed by atoms with Crippen molar-refractivity contribution in [3.8, 4) is 0 Å². The van der Waals surface area contributed by atoms with Crippen LogP contribution >= 0.6 is 0 Å². The van der Waals surface area contributed by atoms with Crippen LogP contribution in [0.3, 0.4) is 0 Å². The molecule has 6 nitrogen and oxygen atoms in total. The number of hydrogen-bond donors (Lipinski definition) is 1. The normalized spacial score (nSPS) is 27.5. The van der Waals surface area contributed by atoms with Gasteiger partial charge in [0.05, 0.1) is 26.4 Å². The van der Waals surface area contributed by atoms with Gasteiger partial charge in [0.2, 0.25) is 0 Å². The zero-order chi connectivity index (χ0) is 12.1. The molecule has 1 atom stereocenters. The van der Waals surface area contributed by atoms with Gasteiger partial charge in [0.15, 0.2) is 6.10 Å². The fraction of sp³-hybridized carbons (Fsp3) is 0.909. The largest absolute Gasteiger partial charge is 0.393 e. The molecule has 0 radical (unpaired) electrons. The van der Waals surface area contributed by atoms with Crippen LogP contribution in [-0.4, -0.2) is 86.1 Å². The van der Waals surface area contributed by atoms with Crippen molar-refractivity contribution >= 4 is 5.91 Å². The molecule has 0 aromatic rings. The van der Waals surface area contributed by atoms with Gasteiger partial charge in [-0.1, -0.05) is 0 Å². The first-order chi connectivity index (χ1) is 8.31. The number of rotatable bonds is 4. The molecule has 1 unspecified atom stereocenters. The van der Waals surface area contributed by atoms with E-state index in [0.717, 1.165) is 32.8 Å². The Morgan fingerprint density at radius 3 is 2.65 bits per heavy atom. The summed E-state index contributed by atoms with van der Waals surface area (Å²) in [5.41, 5.74) is 0. The SMILES string of the molecule is O=C1C(CO)OCCN1CCN1CCOCC1. The summed E-state index contributed by atoms with van der Waals surface area (Å²) in [5, 5.41) is 9.00. The third-order valence-electron chi connectivity index (χ3n) is 3.22. The Hall–Kier alpha value is -0.690. The monoisotopic (exact) mass is 244 g/mol. The fourth-order valence-electron chi connectivity index (χ4n) is 2.13. The molecule has 2 fully saturated rings. The quantitative estimate of drug-likeness (QED) is 0.655. The molecule has 2 aliphatic rings. The van der Waals surface area contributed by atoms with Crippen LogP contribution in [0, 0.1) is 0 Å². The highest BCUT2D eigenvalue weighted by Crippen LogP contribution is 2.07. The van der Waals surface area contributed by atoms with Gasteiger partial charge in [-0.2, -0.15) is 0 Å². The number of morpholine rings is 2. The number of ether oxygens (including phenoxy) is 2. The van der Waals surface area contributed by atoms with Gasteiger partial charge in [0.1, 0.15) is 0 Å². The van der Waals surface area contributed by atoms with Crippen LogP contribution in [0.2, 0.25) is 0 Å². The van der Waals surface area contributed by atoms with Crippen LogP contribution in [-0.2, 0) is 14.3 Å². The van der Waals surface area contributed by atoms with E-state index in [1.807, 2.05) is 0 Å².